The molecule has 1 aromatic carbocycles. The summed E-state index contributed by atoms with van der Waals surface area (Å²) in [5, 5.41) is 2.92. The molecule has 7 heteroatoms. The van der Waals surface area contributed by atoms with E-state index in [2.05, 4.69) is 10.1 Å². The van der Waals surface area contributed by atoms with Gasteiger partial charge in [0.2, 0.25) is 0 Å². The van der Waals surface area contributed by atoms with E-state index in [9.17, 15) is 14.4 Å². The number of carbonyl (C=O) groups excluding carboxylic acids is 3. The highest BCUT2D eigenvalue weighted by molar-refractivity contribution is 6.30. The van der Waals surface area contributed by atoms with E-state index in [1.54, 1.807) is 24.3 Å². The average molecular weight is 295 g/mol. The smallest absolute Gasteiger partial charge is 0.329 e. The minimum absolute atomic E-state index is 0.0844. The lowest BCUT2D eigenvalue weighted by atomic mass is 10.2. The van der Waals surface area contributed by atoms with Crippen LogP contribution in [0.2, 0.25) is 5.02 Å². The number of benzene rings is 1. The molecule has 1 aliphatic rings. The molecule has 1 N–H and O–H groups in total. The van der Waals surface area contributed by atoms with Gasteiger partial charge in [-0.15, -0.1) is 0 Å². The number of imide groups is 1. The first kappa shape index (κ1) is 14.1. The molecule has 0 radical (unpaired) electrons. The third kappa shape index (κ3) is 2.97. The third-order valence-corrected chi connectivity index (χ3v) is 2.87. The zero-order chi connectivity index (χ0) is 14.7. The summed E-state index contributed by atoms with van der Waals surface area (Å²) in [5.74, 6) is -1.25. The van der Waals surface area contributed by atoms with Gasteiger partial charge < -0.3 is 10.1 Å². The highest BCUT2D eigenvalue weighted by Crippen LogP contribution is 2.16. The molecule has 0 bridgehead atoms. The summed E-state index contributed by atoms with van der Waals surface area (Å²) < 4.78 is 4.43. The Labute approximate surface area is 120 Å². The van der Waals surface area contributed by atoms with Crippen LogP contribution >= 0.6 is 11.6 Å². The van der Waals surface area contributed by atoms with Gasteiger partial charge in [0.1, 0.15) is 12.2 Å². The van der Waals surface area contributed by atoms with Crippen LogP contribution in [0.4, 0.5) is 4.79 Å². The number of nitrogens with one attached hydrogen (secondary N) is 1. The molecule has 0 aromatic heterocycles. The van der Waals surface area contributed by atoms with E-state index in [1.807, 2.05) is 0 Å². The molecular formula is C13H11ClN2O4. The molecule has 1 aliphatic heterocycles. The Morgan fingerprint density at radius 1 is 1.45 bits per heavy atom. The van der Waals surface area contributed by atoms with Crippen molar-refractivity contribution in [1.29, 1.82) is 0 Å². The van der Waals surface area contributed by atoms with Gasteiger partial charge in [-0.2, -0.15) is 0 Å². The predicted molar refractivity (Wildman–Crippen MR) is 71.7 cm³/mol. The zero-order valence-corrected chi connectivity index (χ0v) is 11.3. The molecule has 104 valence electrons. The average Bonchev–Trinajstić information content (AvgIpc) is 2.66. The Morgan fingerprint density at radius 3 is 2.85 bits per heavy atom. The number of amides is 3. The number of halogens is 1. The fourth-order valence-corrected chi connectivity index (χ4v) is 1.87. The first-order valence-corrected chi connectivity index (χ1v) is 6.06. The Kier molecular flexibility index (Phi) is 4.05. The Hall–Kier alpha value is -2.34. The van der Waals surface area contributed by atoms with Gasteiger partial charge in [-0.25, -0.2) is 9.69 Å². The summed E-state index contributed by atoms with van der Waals surface area (Å²) >= 11 is 5.84. The molecule has 20 heavy (non-hydrogen) atoms. The lowest BCUT2D eigenvalue weighted by molar-refractivity contribution is -0.143. The highest BCUT2D eigenvalue weighted by Gasteiger charge is 2.35. The van der Waals surface area contributed by atoms with Crippen LogP contribution in [-0.2, 0) is 14.3 Å². The van der Waals surface area contributed by atoms with Gasteiger partial charge in [0.05, 0.1) is 7.11 Å². The van der Waals surface area contributed by atoms with Crippen molar-refractivity contribution in [2.45, 2.75) is 0 Å². The molecule has 0 spiro atoms. The molecule has 0 unspecified atom stereocenters. The minimum atomic E-state index is -0.669. The normalized spacial score (nSPS) is 16.5. The van der Waals surface area contributed by atoms with E-state index >= 15 is 0 Å². The van der Waals surface area contributed by atoms with Crippen LogP contribution in [0.15, 0.2) is 30.0 Å². The largest absolute Gasteiger partial charge is 0.468 e. The van der Waals surface area contributed by atoms with Crippen LogP contribution in [0.1, 0.15) is 5.56 Å². The standard InChI is InChI=1S/C13H11ClN2O4/c1-20-11(17)7-16-12(18)10(15-13(16)19)6-8-3-2-4-9(14)5-8/h2-6H,7H2,1H3,(H,15,19)/b10-6+. The van der Waals surface area contributed by atoms with Crippen molar-refractivity contribution < 1.29 is 19.1 Å². The molecule has 6 nitrogen and oxygen atoms in total. The van der Waals surface area contributed by atoms with E-state index in [4.69, 9.17) is 11.6 Å². The molecule has 3 amide bonds. The lowest BCUT2D eigenvalue weighted by Gasteiger charge is -2.08. The molecule has 0 saturated carbocycles. The summed E-state index contributed by atoms with van der Waals surface area (Å²) in [6.45, 7) is -0.423. The number of methoxy groups -OCH3 is 1. The molecule has 0 aliphatic carbocycles. The second-order valence-electron chi connectivity index (χ2n) is 4.01. The number of carbonyl (C=O) groups is 3. The molecule has 1 heterocycles. The summed E-state index contributed by atoms with van der Waals surface area (Å²) in [6, 6.07) is 6.15. The van der Waals surface area contributed by atoms with E-state index < -0.39 is 24.5 Å². The minimum Gasteiger partial charge on any atom is -0.468 e. The fraction of sp³-hybridized carbons (Fsp3) is 0.154. The number of urea groups is 1. The van der Waals surface area contributed by atoms with Gasteiger partial charge in [-0.3, -0.25) is 9.59 Å². The van der Waals surface area contributed by atoms with Crippen molar-refractivity contribution in [3.8, 4) is 0 Å². The number of esters is 1. The van der Waals surface area contributed by atoms with E-state index in [-0.39, 0.29) is 5.70 Å². The number of ether oxygens (including phenoxy) is 1. The van der Waals surface area contributed by atoms with Crippen molar-refractivity contribution in [3.63, 3.8) is 0 Å². The number of hydrogen-bond donors (Lipinski definition) is 1. The maximum absolute atomic E-state index is 12.0. The van der Waals surface area contributed by atoms with Gasteiger partial charge in [0, 0.05) is 5.02 Å². The van der Waals surface area contributed by atoms with Crippen LogP contribution in [0.25, 0.3) is 6.08 Å². The SMILES string of the molecule is COC(=O)CN1C(=O)N/C(=C/c2cccc(Cl)c2)C1=O. The van der Waals surface area contributed by atoms with Crippen molar-refractivity contribution in [3.05, 3.63) is 40.5 Å². The predicted octanol–water partition coefficient (Wildman–Crippen LogP) is 1.41. The first-order valence-electron chi connectivity index (χ1n) is 5.68. The molecular weight excluding hydrogens is 284 g/mol. The van der Waals surface area contributed by atoms with Gasteiger partial charge in [-0.05, 0) is 23.8 Å². The van der Waals surface area contributed by atoms with Crippen molar-refractivity contribution >= 4 is 35.6 Å². The second kappa shape index (κ2) is 5.75. The maximum atomic E-state index is 12.0. The van der Waals surface area contributed by atoms with Gasteiger partial charge in [0.15, 0.2) is 0 Å². The first-order chi connectivity index (χ1) is 9.51. The van der Waals surface area contributed by atoms with Gasteiger partial charge >= 0.3 is 12.0 Å². The third-order valence-electron chi connectivity index (χ3n) is 2.64. The van der Waals surface area contributed by atoms with E-state index in [0.29, 0.717) is 10.6 Å². The Morgan fingerprint density at radius 2 is 2.20 bits per heavy atom. The molecule has 1 fully saturated rings. The van der Waals surface area contributed by atoms with Crippen molar-refractivity contribution in [2.75, 3.05) is 13.7 Å². The molecule has 1 saturated heterocycles. The van der Waals surface area contributed by atoms with Gasteiger partial charge in [0.25, 0.3) is 5.91 Å². The van der Waals surface area contributed by atoms with Crippen molar-refractivity contribution in [1.82, 2.24) is 10.2 Å². The monoisotopic (exact) mass is 294 g/mol. The Bertz CT molecular complexity index is 612. The summed E-state index contributed by atoms with van der Waals surface area (Å²) in [7, 11) is 1.18. The fourth-order valence-electron chi connectivity index (χ4n) is 1.67. The number of hydrogen-bond acceptors (Lipinski definition) is 4. The zero-order valence-electron chi connectivity index (χ0n) is 10.6. The quantitative estimate of drug-likeness (QED) is 0.519. The maximum Gasteiger partial charge on any atom is 0.329 e. The Balaban J connectivity index is 2.21. The highest BCUT2D eigenvalue weighted by atomic mass is 35.5. The van der Waals surface area contributed by atoms with Crippen LogP contribution in [-0.4, -0.2) is 36.5 Å². The van der Waals surface area contributed by atoms with Crippen LogP contribution in [0.5, 0.6) is 0 Å². The summed E-state index contributed by atoms with van der Waals surface area (Å²) in [6.07, 6.45) is 1.49. The molecule has 0 atom stereocenters. The number of rotatable bonds is 3. The number of nitrogens with zero attached hydrogens (tertiary/aromatic N) is 1. The van der Waals surface area contributed by atoms with Crippen LogP contribution < -0.4 is 5.32 Å². The topological polar surface area (TPSA) is 75.7 Å². The summed E-state index contributed by atoms with van der Waals surface area (Å²) in [5.41, 5.74) is 0.752. The second-order valence-corrected chi connectivity index (χ2v) is 4.45. The van der Waals surface area contributed by atoms with Crippen LogP contribution in [0.3, 0.4) is 0 Å². The van der Waals surface area contributed by atoms with Crippen LogP contribution in [0, 0.1) is 0 Å². The molecule has 2 rings (SSSR count). The summed E-state index contributed by atoms with van der Waals surface area (Å²) in [4.78, 5) is 35.5. The van der Waals surface area contributed by atoms with E-state index in [0.717, 1.165) is 4.90 Å². The lowest BCUT2D eigenvalue weighted by Crippen LogP contribution is -2.36. The van der Waals surface area contributed by atoms with Gasteiger partial charge in [-0.1, -0.05) is 23.7 Å². The molecule has 1 aromatic rings. The van der Waals surface area contributed by atoms with E-state index in [1.165, 1.54) is 13.2 Å². The van der Waals surface area contributed by atoms with Crippen molar-refractivity contribution in [2.24, 2.45) is 0 Å².